The van der Waals surface area contributed by atoms with Gasteiger partial charge in [0.2, 0.25) is 5.28 Å². The first-order valence-corrected chi connectivity index (χ1v) is 6.43. The molecule has 0 bridgehead atoms. The normalized spacial score (nSPS) is 16.6. The molecule has 20 heavy (non-hydrogen) atoms. The molecular weight excluding hydrogens is 274 g/mol. The van der Waals surface area contributed by atoms with E-state index in [1.807, 2.05) is 37.3 Å². The molecule has 2 aromatic rings. The number of ether oxygens (including phenoxy) is 1. The van der Waals surface area contributed by atoms with Crippen LogP contribution in [-0.2, 0) is 0 Å². The predicted molar refractivity (Wildman–Crippen MR) is 75.2 cm³/mol. The molecule has 98 valence electrons. The number of halogens is 1. The zero-order chi connectivity index (χ0) is 14.1. The average Bonchev–Trinajstić information content (AvgIpc) is 2.48. The number of rotatable bonds is 1. The summed E-state index contributed by atoms with van der Waals surface area (Å²) in [6.07, 6.45) is 2.90. The van der Waals surface area contributed by atoms with Crippen molar-refractivity contribution in [2.75, 3.05) is 0 Å². The Morgan fingerprint density at radius 3 is 2.95 bits per heavy atom. The topological polar surface area (TPSA) is 58.8 Å². The van der Waals surface area contributed by atoms with Crippen LogP contribution in [0.3, 0.4) is 0 Å². The third-order valence-corrected chi connectivity index (χ3v) is 3.30. The van der Waals surface area contributed by atoms with Crippen molar-refractivity contribution in [3.63, 3.8) is 0 Å². The average molecular weight is 284 g/mol. The lowest BCUT2D eigenvalue weighted by Gasteiger charge is -2.24. The van der Waals surface area contributed by atoms with Gasteiger partial charge < -0.3 is 4.74 Å². The Balaban J connectivity index is 2.12. The summed E-state index contributed by atoms with van der Waals surface area (Å²) in [4.78, 5) is 8.13. The van der Waals surface area contributed by atoms with Gasteiger partial charge in [0.1, 0.15) is 5.75 Å². The largest absolute Gasteiger partial charge is 0.478 e. The molecule has 0 radical (unpaired) electrons. The molecule has 1 aliphatic rings. The summed E-state index contributed by atoms with van der Waals surface area (Å²) in [7, 11) is 0. The van der Waals surface area contributed by atoms with E-state index >= 15 is 0 Å². The van der Waals surface area contributed by atoms with Crippen LogP contribution < -0.4 is 4.74 Å². The van der Waals surface area contributed by atoms with Gasteiger partial charge in [-0.25, -0.2) is 9.97 Å². The fraction of sp³-hybridized carbons (Fsp3) is 0.133. The number of aromatic nitrogens is 2. The summed E-state index contributed by atoms with van der Waals surface area (Å²) in [5.74, 6) is 0.727. The second-order valence-corrected chi connectivity index (χ2v) is 4.79. The van der Waals surface area contributed by atoms with E-state index in [-0.39, 0.29) is 5.28 Å². The van der Waals surface area contributed by atoms with E-state index in [9.17, 15) is 5.26 Å². The van der Waals surface area contributed by atoms with E-state index in [0.29, 0.717) is 11.3 Å². The molecule has 4 nitrogen and oxygen atoms in total. The lowest BCUT2D eigenvalue weighted by molar-refractivity contribution is 0.237. The van der Waals surface area contributed by atoms with Gasteiger partial charge in [-0.1, -0.05) is 18.2 Å². The highest BCUT2D eigenvalue weighted by Crippen LogP contribution is 2.37. The maximum Gasteiger partial charge on any atom is 0.222 e. The number of para-hydroxylation sites is 1. The first-order valence-electron chi connectivity index (χ1n) is 6.05. The molecule has 0 saturated heterocycles. The Bertz CT molecular complexity index is 749. The quantitative estimate of drug-likeness (QED) is 0.752. The number of fused-ring (bicyclic) bond motifs is 1. The zero-order valence-corrected chi connectivity index (χ0v) is 11.4. The van der Waals surface area contributed by atoms with Crippen LogP contribution in [0, 0.1) is 18.3 Å². The van der Waals surface area contributed by atoms with Crippen LogP contribution in [0.1, 0.15) is 22.9 Å². The SMILES string of the molecule is Cc1cnc(Cl)nc1C1Oc2ccccc2C=C1C#N. The Kier molecular flexibility index (Phi) is 3.13. The van der Waals surface area contributed by atoms with Crippen LogP contribution in [0.5, 0.6) is 5.75 Å². The predicted octanol–water partition coefficient (Wildman–Crippen LogP) is 3.48. The van der Waals surface area contributed by atoms with Crippen LogP contribution >= 0.6 is 11.6 Å². The van der Waals surface area contributed by atoms with Crippen molar-refractivity contribution in [1.29, 1.82) is 5.26 Å². The Morgan fingerprint density at radius 2 is 2.15 bits per heavy atom. The first kappa shape index (κ1) is 12.6. The van der Waals surface area contributed by atoms with Crippen molar-refractivity contribution in [2.24, 2.45) is 0 Å². The summed E-state index contributed by atoms with van der Waals surface area (Å²) < 4.78 is 5.92. The summed E-state index contributed by atoms with van der Waals surface area (Å²) >= 11 is 5.85. The van der Waals surface area contributed by atoms with E-state index in [1.54, 1.807) is 6.20 Å². The van der Waals surface area contributed by atoms with Gasteiger partial charge in [-0.15, -0.1) is 0 Å². The van der Waals surface area contributed by atoms with Crippen LogP contribution in [0.2, 0.25) is 5.28 Å². The van der Waals surface area contributed by atoms with E-state index in [0.717, 1.165) is 16.9 Å². The van der Waals surface area contributed by atoms with Crippen LogP contribution in [-0.4, -0.2) is 9.97 Å². The highest BCUT2D eigenvalue weighted by Gasteiger charge is 2.27. The third-order valence-electron chi connectivity index (χ3n) is 3.12. The summed E-state index contributed by atoms with van der Waals surface area (Å²) in [5.41, 5.74) is 2.84. The van der Waals surface area contributed by atoms with Crippen molar-refractivity contribution in [2.45, 2.75) is 13.0 Å². The van der Waals surface area contributed by atoms with Crippen LogP contribution in [0.15, 0.2) is 36.0 Å². The van der Waals surface area contributed by atoms with Gasteiger partial charge in [0.25, 0.3) is 0 Å². The van der Waals surface area contributed by atoms with Gasteiger partial charge in [0.05, 0.1) is 17.3 Å². The second-order valence-electron chi connectivity index (χ2n) is 4.45. The molecule has 0 spiro atoms. The van der Waals surface area contributed by atoms with E-state index in [2.05, 4.69) is 16.0 Å². The standard InChI is InChI=1S/C15H10ClN3O/c1-9-8-18-15(16)19-13(9)14-11(7-17)6-10-4-2-3-5-12(10)20-14/h2-6,8,14H,1H3. The van der Waals surface area contributed by atoms with Gasteiger partial charge in [-0.2, -0.15) is 5.26 Å². The molecule has 1 aromatic heterocycles. The fourth-order valence-corrected chi connectivity index (χ4v) is 2.27. The van der Waals surface area contributed by atoms with E-state index < -0.39 is 6.10 Å². The summed E-state index contributed by atoms with van der Waals surface area (Å²) in [5, 5.41) is 9.48. The van der Waals surface area contributed by atoms with Crippen LogP contribution in [0.4, 0.5) is 0 Å². The molecule has 1 unspecified atom stereocenters. The molecule has 0 fully saturated rings. The minimum Gasteiger partial charge on any atom is -0.478 e. The van der Waals surface area contributed by atoms with Crippen molar-refractivity contribution in [3.8, 4) is 11.8 Å². The van der Waals surface area contributed by atoms with Gasteiger partial charge >= 0.3 is 0 Å². The zero-order valence-electron chi connectivity index (χ0n) is 10.7. The van der Waals surface area contributed by atoms with E-state index in [4.69, 9.17) is 16.3 Å². The molecule has 0 saturated carbocycles. The molecule has 1 aliphatic heterocycles. The minimum atomic E-state index is -0.546. The highest BCUT2D eigenvalue weighted by molar-refractivity contribution is 6.28. The maximum atomic E-state index is 9.33. The Hall–Kier alpha value is -2.38. The third kappa shape index (κ3) is 2.13. The van der Waals surface area contributed by atoms with Crippen molar-refractivity contribution in [1.82, 2.24) is 9.97 Å². The number of hydrogen-bond acceptors (Lipinski definition) is 4. The van der Waals surface area contributed by atoms with Crippen LogP contribution in [0.25, 0.3) is 6.08 Å². The number of nitriles is 1. The van der Waals surface area contributed by atoms with E-state index in [1.165, 1.54) is 0 Å². The first-order chi connectivity index (χ1) is 9.69. The fourth-order valence-electron chi connectivity index (χ4n) is 2.13. The molecule has 1 aromatic carbocycles. The minimum absolute atomic E-state index is 0.144. The number of benzene rings is 1. The monoisotopic (exact) mass is 283 g/mol. The molecule has 2 heterocycles. The second kappa shape index (κ2) is 4.95. The Morgan fingerprint density at radius 1 is 1.35 bits per heavy atom. The molecule has 1 atom stereocenters. The van der Waals surface area contributed by atoms with Gasteiger partial charge in [-0.05, 0) is 36.2 Å². The molecule has 0 amide bonds. The Labute approximate surface area is 121 Å². The van der Waals surface area contributed by atoms with Crippen molar-refractivity contribution >= 4 is 17.7 Å². The lowest BCUT2D eigenvalue weighted by Crippen LogP contribution is -2.17. The van der Waals surface area contributed by atoms with Gasteiger partial charge in [0, 0.05) is 11.8 Å². The summed E-state index contributed by atoms with van der Waals surface area (Å²) in [6.45, 7) is 1.87. The number of nitrogens with zero attached hydrogens (tertiary/aromatic N) is 3. The molecule has 5 heteroatoms. The van der Waals surface area contributed by atoms with Gasteiger partial charge in [0.15, 0.2) is 6.10 Å². The number of aryl methyl sites for hydroxylation is 1. The highest BCUT2D eigenvalue weighted by atomic mass is 35.5. The van der Waals surface area contributed by atoms with Crippen molar-refractivity contribution < 1.29 is 4.74 Å². The molecule has 3 rings (SSSR count). The smallest absolute Gasteiger partial charge is 0.222 e. The van der Waals surface area contributed by atoms with Gasteiger partial charge in [-0.3, -0.25) is 0 Å². The molecular formula is C15H10ClN3O. The summed E-state index contributed by atoms with van der Waals surface area (Å²) in [6, 6.07) is 9.74. The van der Waals surface area contributed by atoms with Crippen molar-refractivity contribution in [3.05, 3.63) is 58.1 Å². The molecule has 0 aliphatic carbocycles. The lowest BCUT2D eigenvalue weighted by atomic mass is 9.98. The maximum absolute atomic E-state index is 9.33. The molecule has 0 N–H and O–H groups in total. The number of hydrogen-bond donors (Lipinski definition) is 0.